The fourth-order valence-corrected chi connectivity index (χ4v) is 1.63. The molecule has 0 aliphatic carbocycles. The Morgan fingerprint density at radius 2 is 2.00 bits per heavy atom. The fraction of sp³-hybridized carbons (Fsp3) is 0.400. The highest BCUT2D eigenvalue weighted by Gasteiger charge is 2.26. The highest BCUT2D eigenvalue weighted by Crippen LogP contribution is 2.27. The van der Waals surface area contributed by atoms with Crippen molar-refractivity contribution in [3.05, 3.63) is 28.8 Å². The van der Waals surface area contributed by atoms with Crippen LogP contribution in [0.2, 0.25) is 5.02 Å². The number of halogens is 5. The molecule has 1 aromatic carbocycles. The minimum Gasteiger partial charge on any atom is -0.492 e. The molecule has 0 amide bonds. The molecule has 0 bridgehead atoms. The van der Waals surface area contributed by atoms with E-state index in [1.165, 1.54) is 0 Å². The molecule has 1 aromatic rings. The van der Waals surface area contributed by atoms with Crippen LogP contribution in [0.3, 0.4) is 0 Å². The maximum Gasteiger partial charge on any atom is 0.392 e. The molecule has 0 atom stereocenters. The lowest BCUT2D eigenvalue weighted by atomic mass is 10.2. The number of hydrogen-bond donors (Lipinski definition) is 0. The molecule has 1 rings (SSSR count). The molecule has 6 heteroatoms. The van der Waals surface area contributed by atoms with Crippen LogP contribution >= 0.6 is 27.5 Å². The molecule has 1 nitrogen and oxygen atoms in total. The molecular weight excluding hydrogens is 308 g/mol. The predicted molar refractivity (Wildman–Crippen MR) is 60.3 cm³/mol. The van der Waals surface area contributed by atoms with Gasteiger partial charge in [0.15, 0.2) is 0 Å². The van der Waals surface area contributed by atoms with Crippen LogP contribution in [0.15, 0.2) is 18.2 Å². The van der Waals surface area contributed by atoms with Crippen molar-refractivity contribution < 1.29 is 17.9 Å². The fourth-order valence-electron chi connectivity index (χ4n) is 1.02. The first-order valence-electron chi connectivity index (χ1n) is 4.46. The Balaban J connectivity index is 2.55. The van der Waals surface area contributed by atoms with Gasteiger partial charge in [-0.1, -0.05) is 33.6 Å². The summed E-state index contributed by atoms with van der Waals surface area (Å²) in [5.74, 6) is 0.274. The van der Waals surface area contributed by atoms with Crippen LogP contribution in [-0.2, 0) is 5.33 Å². The summed E-state index contributed by atoms with van der Waals surface area (Å²) in [7, 11) is 0. The van der Waals surface area contributed by atoms with Gasteiger partial charge in [0.05, 0.1) is 18.1 Å². The third kappa shape index (κ3) is 4.61. The highest BCUT2D eigenvalue weighted by molar-refractivity contribution is 9.08. The van der Waals surface area contributed by atoms with E-state index in [1.54, 1.807) is 18.2 Å². The molecule has 0 saturated carbocycles. The average molecular weight is 318 g/mol. The van der Waals surface area contributed by atoms with Crippen molar-refractivity contribution in [1.82, 2.24) is 0 Å². The van der Waals surface area contributed by atoms with Crippen LogP contribution in [0.25, 0.3) is 0 Å². The number of ether oxygens (including phenoxy) is 1. The van der Waals surface area contributed by atoms with Crippen molar-refractivity contribution in [3.8, 4) is 5.75 Å². The lowest BCUT2D eigenvalue weighted by Crippen LogP contribution is -2.13. The molecule has 90 valence electrons. The maximum absolute atomic E-state index is 11.9. The smallest absolute Gasteiger partial charge is 0.392 e. The van der Waals surface area contributed by atoms with Crippen LogP contribution < -0.4 is 4.74 Å². The van der Waals surface area contributed by atoms with Gasteiger partial charge in [0.2, 0.25) is 0 Å². The zero-order valence-corrected chi connectivity index (χ0v) is 10.5. The first kappa shape index (κ1) is 13.6. The summed E-state index contributed by atoms with van der Waals surface area (Å²) in [6.07, 6.45) is -5.19. The summed E-state index contributed by atoms with van der Waals surface area (Å²) in [5, 5.41) is 0.953. The average Bonchev–Trinajstić information content (AvgIpc) is 2.18. The number of benzene rings is 1. The van der Waals surface area contributed by atoms with Gasteiger partial charge in [-0.3, -0.25) is 0 Å². The lowest BCUT2D eigenvalue weighted by molar-refractivity contribution is -0.139. The molecular formula is C10H9BrClF3O. The van der Waals surface area contributed by atoms with E-state index in [0.29, 0.717) is 10.4 Å². The Morgan fingerprint density at radius 3 is 2.50 bits per heavy atom. The van der Waals surface area contributed by atoms with Crippen LogP contribution in [0.4, 0.5) is 13.2 Å². The van der Waals surface area contributed by atoms with E-state index in [9.17, 15) is 13.2 Å². The molecule has 16 heavy (non-hydrogen) atoms. The van der Waals surface area contributed by atoms with Gasteiger partial charge >= 0.3 is 6.18 Å². The van der Waals surface area contributed by atoms with Crippen molar-refractivity contribution in [3.63, 3.8) is 0 Å². The Bertz CT molecular complexity index is 354. The van der Waals surface area contributed by atoms with E-state index >= 15 is 0 Å². The molecule has 0 spiro atoms. The van der Waals surface area contributed by atoms with Gasteiger partial charge in [-0.25, -0.2) is 0 Å². The Labute approximate surface area is 105 Å². The predicted octanol–water partition coefficient (Wildman–Crippen LogP) is 4.57. The van der Waals surface area contributed by atoms with Gasteiger partial charge in [0.1, 0.15) is 5.75 Å². The summed E-state index contributed by atoms with van der Waals surface area (Å²) in [4.78, 5) is 0. The summed E-state index contributed by atoms with van der Waals surface area (Å²) < 4.78 is 40.5. The number of hydrogen-bond acceptors (Lipinski definition) is 1. The lowest BCUT2D eigenvalue weighted by Gasteiger charge is -2.10. The van der Waals surface area contributed by atoms with Crippen molar-refractivity contribution in [2.24, 2.45) is 0 Å². The topological polar surface area (TPSA) is 9.23 Å². The SMILES string of the molecule is FC(F)(F)CCOc1ccc(CBr)cc1Cl. The molecule has 0 fully saturated rings. The largest absolute Gasteiger partial charge is 0.492 e. The van der Waals surface area contributed by atoms with Gasteiger partial charge < -0.3 is 4.74 Å². The van der Waals surface area contributed by atoms with Crippen LogP contribution in [0, 0.1) is 0 Å². The minimum absolute atomic E-state index is 0.274. The van der Waals surface area contributed by atoms with E-state index in [4.69, 9.17) is 16.3 Å². The molecule has 0 unspecified atom stereocenters. The van der Waals surface area contributed by atoms with E-state index in [1.807, 2.05) is 0 Å². The molecule has 0 N–H and O–H groups in total. The van der Waals surface area contributed by atoms with E-state index in [-0.39, 0.29) is 5.75 Å². The zero-order chi connectivity index (χ0) is 12.2. The van der Waals surface area contributed by atoms with Crippen molar-refractivity contribution in [2.45, 2.75) is 17.9 Å². The first-order chi connectivity index (χ1) is 7.42. The van der Waals surface area contributed by atoms with Crippen molar-refractivity contribution in [1.29, 1.82) is 0 Å². The number of rotatable bonds is 4. The van der Waals surface area contributed by atoms with Gasteiger partial charge in [0.25, 0.3) is 0 Å². The van der Waals surface area contributed by atoms with Gasteiger partial charge in [-0.15, -0.1) is 0 Å². The van der Waals surface area contributed by atoms with Crippen LogP contribution in [-0.4, -0.2) is 12.8 Å². The second-order valence-electron chi connectivity index (χ2n) is 3.11. The minimum atomic E-state index is -4.21. The third-order valence-corrected chi connectivity index (χ3v) is 2.74. The second kappa shape index (κ2) is 5.77. The Morgan fingerprint density at radius 1 is 1.31 bits per heavy atom. The number of alkyl halides is 4. The third-order valence-electron chi connectivity index (χ3n) is 1.79. The molecule has 0 heterocycles. The summed E-state index contributed by atoms with van der Waals surface area (Å²) in [5.41, 5.74) is 0.938. The van der Waals surface area contributed by atoms with Gasteiger partial charge in [0, 0.05) is 5.33 Å². The molecule has 0 aromatic heterocycles. The van der Waals surface area contributed by atoms with Gasteiger partial charge in [-0.2, -0.15) is 13.2 Å². The molecule has 0 radical (unpaired) electrons. The zero-order valence-electron chi connectivity index (χ0n) is 8.15. The van der Waals surface area contributed by atoms with E-state index < -0.39 is 19.2 Å². The van der Waals surface area contributed by atoms with E-state index in [2.05, 4.69) is 15.9 Å². The second-order valence-corrected chi connectivity index (χ2v) is 4.08. The molecule has 0 aliphatic rings. The van der Waals surface area contributed by atoms with Gasteiger partial charge in [-0.05, 0) is 17.7 Å². The molecule has 0 aliphatic heterocycles. The van der Waals surface area contributed by atoms with E-state index in [0.717, 1.165) is 5.56 Å². The van der Waals surface area contributed by atoms with Crippen LogP contribution in [0.1, 0.15) is 12.0 Å². The summed E-state index contributed by atoms with van der Waals surface area (Å²) in [6, 6.07) is 4.96. The van der Waals surface area contributed by atoms with Crippen LogP contribution in [0.5, 0.6) is 5.75 Å². The first-order valence-corrected chi connectivity index (χ1v) is 5.96. The molecule has 0 saturated heterocycles. The Hall–Kier alpha value is -0.420. The normalized spacial score (nSPS) is 11.6. The standard InChI is InChI=1S/C10H9BrClF3O/c11-6-7-1-2-9(8(12)5-7)16-4-3-10(13,14)15/h1-2,5H,3-4,6H2. The maximum atomic E-state index is 11.9. The quantitative estimate of drug-likeness (QED) is 0.739. The van der Waals surface area contributed by atoms with Crippen molar-refractivity contribution >= 4 is 27.5 Å². The van der Waals surface area contributed by atoms with Crippen molar-refractivity contribution in [2.75, 3.05) is 6.61 Å². The highest BCUT2D eigenvalue weighted by atomic mass is 79.9. The summed E-state index contributed by atoms with van der Waals surface area (Å²) >= 11 is 9.08. The Kier molecular flexibility index (Phi) is 4.92. The summed E-state index contributed by atoms with van der Waals surface area (Å²) in [6.45, 7) is -0.420. The monoisotopic (exact) mass is 316 g/mol.